The van der Waals surface area contributed by atoms with Crippen molar-refractivity contribution in [1.82, 2.24) is 4.98 Å². The van der Waals surface area contributed by atoms with Crippen LogP contribution in [0.4, 0.5) is 5.13 Å². The molecule has 154 valence electrons. The number of nitrogens with zero attached hydrogens (tertiary/aromatic N) is 4. The Morgan fingerprint density at radius 2 is 1.67 bits per heavy atom. The molecule has 0 spiro atoms. The molecule has 3 rings (SSSR count). The zero-order chi connectivity index (χ0) is 21.5. The lowest BCUT2D eigenvalue weighted by Crippen LogP contribution is -2.22. The van der Waals surface area contributed by atoms with Crippen molar-refractivity contribution < 1.29 is 4.74 Å². The molecular weight excluding hydrogens is 398 g/mol. The minimum atomic E-state index is -0.0857. The molecular formula is C21H23N7OS. The van der Waals surface area contributed by atoms with Crippen molar-refractivity contribution in [2.24, 2.45) is 26.8 Å². The van der Waals surface area contributed by atoms with Crippen molar-refractivity contribution in [3.8, 4) is 16.9 Å². The van der Waals surface area contributed by atoms with Gasteiger partial charge in [0.1, 0.15) is 5.75 Å². The van der Waals surface area contributed by atoms with E-state index >= 15 is 0 Å². The third-order valence-corrected chi connectivity index (χ3v) is 5.32. The van der Waals surface area contributed by atoms with E-state index in [2.05, 4.69) is 37.8 Å². The molecule has 0 atom stereocenters. The van der Waals surface area contributed by atoms with Gasteiger partial charge in [0, 0.05) is 0 Å². The van der Waals surface area contributed by atoms with E-state index in [1.807, 2.05) is 50.2 Å². The van der Waals surface area contributed by atoms with E-state index in [9.17, 15) is 0 Å². The summed E-state index contributed by atoms with van der Waals surface area (Å²) in [5.74, 6) is 0.754. The largest absolute Gasteiger partial charge is 0.497 e. The van der Waals surface area contributed by atoms with Crippen LogP contribution in [0.15, 0.2) is 63.8 Å². The van der Waals surface area contributed by atoms with Gasteiger partial charge in [-0.1, -0.05) is 47.7 Å². The summed E-state index contributed by atoms with van der Waals surface area (Å²) >= 11 is 1.43. The number of anilines is 1. The van der Waals surface area contributed by atoms with E-state index in [0.717, 1.165) is 33.0 Å². The summed E-state index contributed by atoms with van der Waals surface area (Å²) in [7, 11) is 1.66. The number of rotatable bonds is 7. The van der Waals surface area contributed by atoms with Gasteiger partial charge in [0.05, 0.1) is 29.6 Å². The number of nitrogens with two attached hydrogens (primary N) is 2. The molecule has 0 unspecified atom stereocenters. The normalized spacial score (nSPS) is 11.5. The molecule has 0 aliphatic carbocycles. The predicted octanol–water partition coefficient (Wildman–Crippen LogP) is 3.57. The van der Waals surface area contributed by atoms with E-state index in [1.54, 1.807) is 13.3 Å². The average molecular weight is 422 g/mol. The summed E-state index contributed by atoms with van der Waals surface area (Å²) < 4.78 is 5.20. The summed E-state index contributed by atoms with van der Waals surface area (Å²) in [5, 5.41) is 12.6. The minimum absolute atomic E-state index is 0.0857. The molecule has 1 heterocycles. The van der Waals surface area contributed by atoms with Crippen molar-refractivity contribution in [1.29, 1.82) is 0 Å². The van der Waals surface area contributed by atoms with Crippen LogP contribution in [-0.4, -0.2) is 30.0 Å². The highest BCUT2D eigenvalue weighted by Gasteiger charge is 2.10. The number of aryl methyl sites for hydroxylation is 1. The first-order chi connectivity index (χ1) is 14.5. The summed E-state index contributed by atoms with van der Waals surface area (Å²) in [6, 6.07) is 16.1. The number of benzene rings is 2. The fourth-order valence-electron chi connectivity index (χ4n) is 2.67. The van der Waals surface area contributed by atoms with Crippen LogP contribution in [0.25, 0.3) is 11.1 Å². The number of hydrazone groups is 1. The molecule has 1 aromatic heterocycles. The van der Waals surface area contributed by atoms with Gasteiger partial charge in [-0.05, 0) is 42.7 Å². The Hall–Kier alpha value is -3.72. The van der Waals surface area contributed by atoms with Crippen molar-refractivity contribution in [3.05, 3.63) is 64.7 Å². The van der Waals surface area contributed by atoms with E-state index in [0.29, 0.717) is 10.8 Å². The lowest BCUT2D eigenvalue weighted by molar-refractivity contribution is 0.415. The maximum atomic E-state index is 5.31. The molecule has 0 saturated carbocycles. The lowest BCUT2D eigenvalue weighted by atomic mass is 10.0. The van der Waals surface area contributed by atoms with Gasteiger partial charge in [0.15, 0.2) is 0 Å². The molecule has 0 saturated heterocycles. The van der Waals surface area contributed by atoms with E-state index < -0.39 is 0 Å². The van der Waals surface area contributed by atoms with E-state index in [4.69, 9.17) is 16.2 Å². The van der Waals surface area contributed by atoms with E-state index in [-0.39, 0.29) is 5.96 Å². The molecule has 30 heavy (non-hydrogen) atoms. The first kappa shape index (κ1) is 21.0. The molecule has 8 nitrogen and oxygen atoms in total. The van der Waals surface area contributed by atoms with Crippen molar-refractivity contribution in [2.45, 2.75) is 13.8 Å². The van der Waals surface area contributed by atoms with Crippen LogP contribution in [0, 0.1) is 6.92 Å². The third-order valence-electron chi connectivity index (χ3n) is 4.15. The highest BCUT2D eigenvalue weighted by molar-refractivity contribution is 7.17. The molecule has 0 aliphatic heterocycles. The van der Waals surface area contributed by atoms with E-state index in [1.165, 1.54) is 11.3 Å². The highest BCUT2D eigenvalue weighted by Crippen LogP contribution is 2.24. The monoisotopic (exact) mass is 421 g/mol. The van der Waals surface area contributed by atoms with Gasteiger partial charge in [-0.2, -0.15) is 10.2 Å². The van der Waals surface area contributed by atoms with Gasteiger partial charge in [-0.15, -0.1) is 5.10 Å². The molecule has 0 bridgehead atoms. The smallest absolute Gasteiger partial charge is 0.211 e. The van der Waals surface area contributed by atoms with Crippen molar-refractivity contribution in [2.75, 3.05) is 12.5 Å². The Labute approximate surface area is 179 Å². The molecule has 9 heteroatoms. The number of guanidine groups is 1. The Morgan fingerprint density at radius 3 is 2.27 bits per heavy atom. The predicted molar refractivity (Wildman–Crippen MR) is 125 cm³/mol. The first-order valence-electron chi connectivity index (χ1n) is 9.11. The standard InChI is InChI=1S/C21H23N7OS/c1-13-19(14(2)26-27-20(22)23)30-21(25-13)28-24-12-15-4-6-16(7-5-15)17-8-10-18(29-3)11-9-17/h4-12H,1-3H3,(H,25,28)(H4,22,23,27). The Bertz CT molecular complexity index is 1080. The van der Waals surface area contributed by atoms with Crippen LogP contribution >= 0.6 is 11.3 Å². The summed E-state index contributed by atoms with van der Waals surface area (Å²) in [6.07, 6.45) is 1.74. The Morgan fingerprint density at radius 1 is 1.03 bits per heavy atom. The van der Waals surface area contributed by atoms with Crippen molar-refractivity contribution in [3.63, 3.8) is 0 Å². The van der Waals surface area contributed by atoms with Crippen LogP contribution in [0.2, 0.25) is 0 Å². The van der Waals surface area contributed by atoms with Crippen LogP contribution in [0.1, 0.15) is 23.1 Å². The molecule has 0 fully saturated rings. The van der Waals surface area contributed by atoms with Gasteiger partial charge < -0.3 is 16.2 Å². The number of hydrogen-bond acceptors (Lipinski definition) is 7. The number of hydrogen-bond donors (Lipinski definition) is 3. The van der Waals surface area contributed by atoms with Gasteiger partial charge in [0.2, 0.25) is 11.1 Å². The molecule has 0 amide bonds. The maximum Gasteiger partial charge on any atom is 0.211 e. The molecule has 2 aromatic carbocycles. The second-order valence-electron chi connectivity index (χ2n) is 6.36. The second kappa shape index (κ2) is 9.66. The third kappa shape index (κ3) is 5.42. The maximum absolute atomic E-state index is 5.31. The molecule has 0 radical (unpaired) electrons. The highest BCUT2D eigenvalue weighted by atomic mass is 32.1. The molecule has 0 aliphatic rings. The number of ether oxygens (including phenoxy) is 1. The zero-order valence-corrected chi connectivity index (χ0v) is 17.8. The van der Waals surface area contributed by atoms with Gasteiger partial charge in [0.25, 0.3) is 0 Å². The minimum Gasteiger partial charge on any atom is -0.497 e. The number of aromatic nitrogens is 1. The number of nitrogens with one attached hydrogen (secondary N) is 1. The zero-order valence-electron chi connectivity index (χ0n) is 17.0. The van der Waals surface area contributed by atoms with Crippen LogP contribution in [0.3, 0.4) is 0 Å². The van der Waals surface area contributed by atoms with Gasteiger partial charge >= 0.3 is 0 Å². The Balaban J connectivity index is 1.65. The Kier molecular flexibility index (Phi) is 6.76. The number of thiazole rings is 1. The SMILES string of the molecule is COc1ccc(-c2ccc(C=NNc3nc(C)c(C(C)=NN=C(N)N)s3)cc2)cc1. The topological polar surface area (TPSA) is 123 Å². The average Bonchev–Trinajstić information content (AvgIpc) is 3.13. The van der Waals surface area contributed by atoms with Crippen LogP contribution in [0.5, 0.6) is 5.75 Å². The lowest BCUT2D eigenvalue weighted by Gasteiger charge is -2.04. The second-order valence-corrected chi connectivity index (χ2v) is 7.36. The summed E-state index contributed by atoms with van der Waals surface area (Å²) in [4.78, 5) is 5.34. The van der Waals surface area contributed by atoms with Gasteiger partial charge in [-0.25, -0.2) is 4.98 Å². The fraction of sp³-hybridized carbons (Fsp3) is 0.143. The quantitative estimate of drug-likeness (QED) is 0.306. The summed E-state index contributed by atoms with van der Waals surface area (Å²) in [6.45, 7) is 3.72. The summed E-state index contributed by atoms with van der Waals surface area (Å²) in [5.41, 5.74) is 18.3. The van der Waals surface area contributed by atoms with Crippen molar-refractivity contribution >= 4 is 34.4 Å². The molecule has 3 aromatic rings. The van der Waals surface area contributed by atoms with Crippen LogP contribution < -0.4 is 21.6 Å². The van der Waals surface area contributed by atoms with Crippen LogP contribution in [-0.2, 0) is 0 Å². The molecule has 5 N–H and O–H groups in total. The number of methoxy groups -OCH3 is 1. The van der Waals surface area contributed by atoms with Gasteiger partial charge in [-0.3, -0.25) is 5.43 Å². The first-order valence-corrected chi connectivity index (χ1v) is 9.92. The fourth-order valence-corrected chi connectivity index (χ4v) is 3.52.